The van der Waals surface area contributed by atoms with Gasteiger partial charge in [-0.2, -0.15) is 18.9 Å². The number of nitrogens with zero attached hydrogens (tertiary/aromatic N) is 4. The zero-order valence-corrected chi connectivity index (χ0v) is 17.1. The van der Waals surface area contributed by atoms with Crippen molar-refractivity contribution in [3.05, 3.63) is 86.2 Å². The summed E-state index contributed by atoms with van der Waals surface area (Å²) in [5.41, 5.74) is -1.99. The molecule has 0 aliphatic rings. The number of nitrogens with one attached hydrogen (secondary N) is 1. The summed E-state index contributed by atoms with van der Waals surface area (Å²) < 4.78 is 25.8. The maximum Gasteiger partial charge on any atom is 0.289 e. The zero-order valence-electron chi connectivity index (χ0n) is 15.4. The first-order valence-electron chi connectivity index (χ1n) is 8.36. The molecule has 12 heteroatoms. The fraction of sp³-hybridized carbons (Fsp3) is 0. The Balaban J connectivity index is 2.24. The summed E-state index contributed by atoms with van der Waals surface area (Å²) >= 11 is 4.14. The number of nitro groups is 1. The van der Waals surface area contributed by atoms with Crippen molar-refractivity contribution in [2.24, 2.45) is 0 Å². The van der Waals surface area contributed by atoms with Gasteiger partial charge in [0.05, 0.1) is 15.4 Å². The molecule has 0 radical (unpaired) electrons. The van der Waals surface area contributed by atoms with Crippen LogP contribution < -0.4 is 10.4 Å². The van der Waals surface area contributed by atoms with Crippen molar-refractivity contribution in [3.8, 4) is 23.3 Å². The number of hydrogen-bond acceptors (Lipinski definition) is 8. The average Bonchev–Trinajstić information content (AvgIpc) is 2.77. The number of aromatic nitrogens is 1. The van der Waals surface area contributed by atoms with Gasteiger partial charge in [-0.1, -0.05) is 18.2 Å². The van der Waals surface area contributed by atoms with E-state index in [1.54, 1.807) is 12.1 Å². The van der Waals surface area contributed by atoms with Crippen LogP contribution in [0.5, 0.6) is 0 Å². The van der Waals surface area contributed by atoms with E-state index in [1.807, 2.05) is 10.9 Å². The first-order chi connectivity index (χ1) is 14.7. The van der Waals surface area contributed by atoms with Crippen LogP contribution in [0.25, 0.3) is 11.1 Å². The third-order valence-electron chi connectivity index (χ3n) is 4.21. The quantitative estimate of drug-likeness (QED) is 0.341. The lowest BCUT2D eigenvalue weighted by molar-refractivity contribution is -0.384. The van der Waals surface area contributed by atoms with E-state index in [0.717, 1.165) is 12.1 Å². The minimum Gasteiger partial charge on any atom is -0.266 e. The number of hydrogen-bond donors (Lipinski definition) is 2. The second-order valence-electron chi connectivity index (χ2n) is 6.02. The van der Waals surface area contributed by atoms with Gasteiger partial charge in [0.25, 0.3) is 21.3 Å². The van der Waals surface area contributed by atoms with Crippen molar-refractivity contribution >= 4 is 28.3 Å². The van der Waals surface area contributed by atoms with Gasteiger partial charge in [0.2, 0.25) is 0 Å². The van der Waals surface area contributed by atoms with Crippen LogP contribution in [-0.4, -0.2) is 18.0 Å². The lowest BCUT2D eigenvalue weighted by Gasteiger charge is -2.17. The van der Waals surface area contributed by atoms with E-state index in [-0.39, 0.29) is 32.3 Å². The number of pyridine rings is 1. The lowest BCUT2D eigenvalue weighted by atomic mass is 9.97. The zero-order chi connectivity index (χ0) is 22.8. The molecule has 0 fully saturated rings. The molecule has 0 bridgehead atoms. The monoisotopic (exact) mass is 453 g/mol. The fourth-order valence-electron chi connectivity index (χ4n) is 2.77. The summed E-state index contributed by atoms with van der Waals surface area (Å²) in [7, 11) is -4.23. The second kappa shape index (κ2) is 8.31. The van der Waals surface area contributed by atoms with E-state index < -0.39 is 26.1 Å². The minimum atomic E-state index is -4.23. The SMILES string of the molecule is N#Cc1c(-c2ccc([N+](=O)[O-])cc2)c(C#N)c(=O)n(NS(=O)(=O)c2ccccc2)c1S. The molecule has 2 aromatic carbocycles. The second-order valence-corrected chi connectivity index (χ2v) is 8.11. The molecule has 0 aliphatic heterocycles. The predicted molar refractivity (Wildman–Crippen MR) is 112 cm³/mol. The molecule has 10 nitrogen and oxygen atoms in total. The molecule has 0 atom stereocenters. The Labute approximate surface area is 181 Å². The molecule has 1 aromatic heterocycles. The van der Waals surface area contributed by atoms with Crippen LogP contribution in [0.15, 0.2) is 69.3 Å². The van der Waals surface area contributed by atoms with E-state index >= 15 is 0 Å². The Kier molecular flexibility index (Phi) is 5.79. The normalized spacial score (nSPS) is 10.7. The van der Waals surface area contributed by atoms with E-state index in [1.165, 1.54) is 36.4 Å². The van der Waals surface area contributed by atoms with Crippen LogP contribution in [0.4, 0.5) is 5.69 Å². The summed E-state index contributed by atoms with van der Waals surface area (Å²) in [6.07, 6.45) is 0. The molecule has 1 N–H and O–H groups in total. The Hall–Kier alpha value is -4.13. The van der Waals surface area contributed by atoms with E-state index in [2.05, 4.69) is 12.6 Å². The van der Waals surface area contributed by atoms with Crippen LogP contribution in [0.2, 0.25) is 0 Å². The van der Waals surface area contributed by atoms with Gasteiger partial charge in [-0.15, -0.1) is 12.6 Å². The highest BCUT2D eigenvalue weighted by molar-refractivity contribution is 7.92. The summed E-state index contributed by atoms with van der Waals surface area (Å²) in [5.74, 6) is 0. The number of non-ortho nitro benzene ring substituents is 1. The van der Waals surface area contributed by atoms with Crippen molar-refractivity contribution in [1.29, 1.82) is 10.5 Å². The molecule has 0 unspecified atom stereocenters. The fourth-order valence-corrected chi connectivity index (χ4v) is 4.17. The third-order valence-corrected chi connectivity index (χ3v) is 5.95. The molecule has 0 amide bonds. The van der Waals surface area contributed by atoms with Gasteiger partial charge in [-0.05, 0) is 29.8 Å². The largest absolute Gasteiger partial charge is 0.289 e. The first kappa shape index (κ1) is 21.6. The van der Waals surface area contributed by atoms with Crippen molar-refractivity contribution in [2.75, 3.05) is 4.83 Å². The molecule has 3 aromatic rings. The summed E-state index contributed by atoms with van der Waals surface area (Å²) in [6, 6.07) is 15.5. The minimum absolute atomic E-state index is 0.106. The number of sulfonamides is 1. The maximum atomic E-state index is 12.9. The summed E-state index contributed by atoms with van der Waals surface area (Å²) in [5, 5.41) is 29.7. The van der Waals surface area contributed by atoms with Crippen molar-refractivity contribution in [1.82, 2.24) is 4.68 Å². The van der Waals surface area contributed by atoms with Crippen molar-refractivity contribution in [2.45, 2.75) is 9.92 Å². The molecule has 31 heavy (non-hydrogen) atoms. The molecule has 0 saturated carbocycles. The van der Waals surface area contributed by atoms with Gasteiger partial charge in [0.15, 0.2) is 0 Å². The number of nitro benzene ring substituents is 1. The van der Waals surface area contributed by atoms with Gasteiger partial charge < -0.3 is 0 Å². The van der Waals surface area contributed by atoms with Crippen LogP contribution in [0.1, 0.15) is 11.1 Å². The smallest absolute Gasteiger partial charge is 0.266 e. The Morgan fingerprint density at radius 3 is 2.10 bits per heavy atom. The van der Waals surface area contributed by atoms with E-state index in [9.17, 15) is 33.9 Å². The first-order valence-corrected chi connectivity index (χ1v) is 10.3. The average molecular weight is 453 g/mol. The molecule has 154 valence electrons. The van der Waals surface area contributed by atoms with Crippen LogP contribution in [-0.2, 0) is 10.0 Å². The highest BCUT2D eigenvalue weighted by Gasteiger charge is 2.25. The molecular weight excluding hydrogens is 442 g/mol. The topological polar surface area (TPSA) is 159 Å². The molecule has 1 heterocycles. The molecule has 0 spiro atoms. The van der Waals surface area contributed by atoms with Crippen molar-refractivity contribution in [3.63, 3.8) is 0 Å². The van der Waals surface area contributed by atoms with E-state index in [4.69, 9.17) is 0 Å². The summed E-state index contributed by atoms with van der Waals surface area (Å²) in [4.78, 5) is 25.0. The Morgan fingerprint density at radius 1 is 1.00 bits per heavy atom. The van der Waals surface area contributed by atoms with E-state index in [0.29, 0.717) is 4.68 Å². The van der Waals surface area contributed by atoms with Crippen LogP contribution in [0, 0.1) is 32.8 Å². The highest BCUT2D eigenvalue weighted by atomic mass is 32.2. The molecular formula is C19H11N5O5S2. The van der Waals surface area contributed by atoms with Crippen molar-refractivity contribution < 1.29 is 13.3 Å². The Morgan fingerprint density at radius 2 is 1.58 bits per heavy atom. The van der Waals surface area contributed by atoms with Crippen LogP contribution in [0.3, 0.4) is 0 Å². The number of nitriles is 2. The maximum absolute atomic E-state index is 12.9. The molecule has 0 aliphatic carbocycles. The predicted octanol–water partition coefficient (Wildman–Crippen LogP) is 2.39. The van der Waals surface area contributed by atoms with Gasteiger partial charge in [-0.3, -0.25) is 14.9 Å². The van der Waals surface area contributed by atoms with Gasteiger partial charge in [0, 0.05) is 17.7 Å². The number of rotatable bonds is 5. The standard InChI is InChI=1S/C19H11N5O5S2/c20-10-15-17(12-6-8-13(9-7-12)24(26)27)16(11-21)19(30)23(18(15)25)22-31(28,29)14-4-2-1-3-5-14/h1-9,22,30H. The Bertz CT molecular complexity index is 1430. The van der Waals surface area contributed by atoms with Crippen LogP contribution >= 0.6 is 12.6 Å². The molecule has 0 saturated heterocycles. The lowest BCUT2D eigenvalue weighted by Crippen LogP contribution is -2.36. The number of thiol groups is 1. The van der Waals surface area contributed by atoms with Gasteiger partial charge in [-0.25, -0.2) is 9.51 Å². The highest BCUT2D eigenvalue weighted by Crippen LogP contribution is 2.30. The van der Waals surface area contributed by atoms with Gasteiger partial charge >= 0.3 is 0 Å². The third kappa shape index (κ3) is 3.98. The molecule has 3 rings (SSSR count). The van der Waals surface area contributed by atoms with Gasteiger partial charge in [0.1, 0.15) is 22.7 Å². The summed E-state index contributed by atoms with van der Waals surface area (Å²) in [6.45, 7) is 0. The number of benzene rings is 2.